The van der Waals surface area contributed by atoms with Crippen LogP contribution in [0.5, 0.6) is 0 Å². The molecule has 0 aromatic heterocycles. The number of hydrogen-bond donors (Lipinski definition) is 3. The van der Waals surface area contributed by atoms with Crippen molar-refractivity contribution in [1.29, 1.82) is 0 Å². The Morgan fingerprint density at radius 1 is 1.62 bits per heavy atom. The number of hydrogen-bond acceptors (Lipinski definition) is 4. The van der Waals surface area contributed by atoms with Gasteiger partial charge in [0.05, 0.1) is 0 Å². The predicted molar refractivity (Wildman–Crippen MR) is 63.5 cm³/mol. The molecule has 2 unspecified atom stereocenters. The first-order valence-corrected chi connectivity index (χ1v) is 6.02. The summed E-state index contributed by atoms with van der Waals surface area (Å²) in [5, 5.41) is 20.5. The highest BCUT2D eigenvalue weighted by Crippen LogP contribution is 2.23. The van der Waals surface area contributed by atoms with Crippen molar-refractivity contribution < 1.29 is 10.3 Å². The van der Waals surface area contributed by atoms with Crippen molar-refractivity contribution in [2.75, 3.05) is 19.7 Å². The number of rotatable bonds is 6. The summed E-state index contributed by atoms with van der Waals surface area (Å²) in [7, 11) is 0. The van der Waals surface area contributed by atoms with E-state index in [2.05, 4.69) is 17.0 Å². The van der Waals surface area contributed by atoms with E-state index in [4.69, 9.17) is 16.0 Å². The standard InChI is InChI=1S/C11H23N3O2/c1-2-10(7-11(12)13-16)14-5-3-9(8-14)4-6-15/h9-10,15-16H,2-8H2,1H3,(H2,12,13). The SMILES string of the molecule is CCC(CC(N)=NO)N1CCC(CCO)C1. The van der Waals surface area contributed by atoms with Gasteiger partial charge in [-0.2, -0.15) is 0 Å². The van der Waals surface area contributed by atoms with E-state index in [-0.39, 0.29) is 6.61 Å². The van der Waals surface area contributed by atoms with Gasteiger partial charge in [-0.25, -0.2) is 0 Å². The van der Waals surface area contributed by atoms with Gasteiger partial charge in [-0.15, -0.1) is 0 Å². The van der Waals surface area contributed by atoms with Gasteiger partial charge in [0.1, 0.15) is 5.84 Å². The number of aliphatic hydroxyl groups excluding tert-OH is 1. The zero-order valence-electron chi connectivity index (χ0n) is 9.97. The molecule has 1 aliphatic rings. The number of amidine groups is 1. The van der Waals surface area contributed by atoms with E-state index in [9.17, 15) is 0 Å². The van der Waals surface area contributed by atoms with Crippen LogP contribution in [0.4, 0.5) is 0 Å². The van der Waals surface area contributed by atoms with Crippen LogP contribution in [-0.2, 0) is 0 Å². The smallest absolute Gasteiger partial charge is 0.140 e. The van der Waals surface area contributed by atoms with E-state index in [1.54, 1.807) is 0 Å². The lowest BCUT2D eigenvalue weighted by atomic mass is 10.1. The quantitative estimate of drug-likeness (QED) is 0.270. The van der Waals surface area contributed by atoms with Crippen LogP contribution in [0.3, 0.4) is 0 Å². The van der Waals surface area contributed by atoms with E-state index >= 15 is 0 Å². The van der Waals surface area contributed by atoms with Crippen LogP contribution in [0.15, 0.2) is 5.16 Å². The lowest BCUT2D eigenvalue weighted by molar-refractivity contribution is 0.215. The van der Waals surface area contributed by atoms with Crippen LogP contribution >= 0.6 is 0 Å². The van der Waals surface area contributed by atoms with Crippen molar-refractivity contribution >= 4 is 5.84 Å². The van der Waals surface area contributed by atoms with Gasteiger partial charge in [-0.1, -0.05) is 12.1 Å². The number of oxime groups is 1. The summed E-state index contributed by atoms with van der Waals surface area (Å²) in [5.41, 5.74) is 5.54. The third-order valence-electron chi connectivity index (χ3n) is 3.42. The molecule has 0 aromatic rings. The fourth-order valence-corrected chi connectivity index (χ4v) is 2.43. The number of likely N-dealkylation sites (tertiary alicyclic amines) is 1. The second-order valence-electron chi connectivity index (χ2n) is 4.52. The largest absolute Gasteiger partial charge is 0.409 e. The van der Waals surface area contributed by atoms with Crippen LogP contribution in [0, 0.1) is 5.92 Å². The maximum absolute atomic E-state index is 8.90. The lowest BCUT2D eigenvalue weighted by Crippen LogP contribution is -2.36. The fraction of sp³-hybridized carbons (Fsp3) is 0.909. The summed E-state index contributed by atoms with van der Waals surface area (Å²) in [4.78, 5) is 2.39. The predicted octanol–water partition coefficient (Wildman–Crippen LogP) is 0.606. The second-order valence-corrected chi connectivity index (χ2v) is 4.52. The molecule has 1 saturated heterocycles. The highest BCUT2D eigenvalue weighted by molar-refractivity contribution is 5.80. The highest BCUT2D eigenvalue weighted by Gasteiger charge is 2.27. The zero-order chi connectivity index (χ0) is 12.0. The van der Waals surface area contributed by atoms with Gasteiger partial charge >= 0.3 is 0 Å². The van der Waals surface area contributed by atoms with Crippen LogP contribution < -0.4 is 5.73 Å². The normalized spacial score (nSPS) is 24.9. The van der Waals surface area contributed by atoms with Crippen LogP contribution in [0.1, 0.15) is 32.6 Å². The summed E-state index contributed by atoms with van der Waals surface area (Å²) in [6, 6.07) is 0.361. The Morgan fingerprint density at radius 2 is 2.38 bits per heavy atom. The molecule has 0 aliphatic carbocycles. The minimum atomic E-state index is 0.273. The molecule has 5 nitrogen and oxygen atoms in total. The van der Waals surface area contributed by atoms with Gasteiger partial charge in [0.25, 0.3) is 0 Å². The first kappa shape index (κ1) is 13.3. The number of aliphatic hydroxyl groups is 1. The number of nitrogens with zero attached hydrogens (tertiary/aromatic N) is 2. The molecule has 16 heavy (non-hydrogen) atoms. The molecule has 0 amide bonds. The summed E-state index contributed by atoms with van der Waals surface area (Å²) >= 11 is 0. The molecule has 94 valence electrons. The Bertz CT molecular complexity index is 233. The first-order chi connectivity index (χ1) is 7.71. The van der Waals surface area contributed by atoms with Crippen molar-refractivity contribution in [1.82, 2.24) is 4.90 Å². The molecule has 1 rings (SSSR count). The Hall–Kier alpha value is -0.810. The summed E-state index contributed by atoms with van der Waals surface area (Å²) in [5.74, 6) is 0.906. The van der Waals surface area contributed by atoms with E-state index in [0.717, 1.165) is 32.4 Å². The summed E-state index contributed by atoms with van der Waals surface area (Å²) < 4.78 is 0. The Kier molecular flexibility index (Phi) is 5.55. The van der Waals surface area contributed by atoms with Gasteiger partial charge in [0.2, 0.25) is 0 Å². The summed E-state index contributed by atoms with van der Waals surface area (Å²) in [6.45, 7) is 4.48. The average Bonchev–Trinajstić information content (AvgIpc) is 2.74. The molecule has 2 atom stereocenters. The molecule has 4 N–H and O–H groups in total. The van der Waals surface area contributed by atoms with Crippen LogP contribution in [0.25, 0.3) is 0 Å². The molecule has 1 heterocycles. The molecule has 1 aliphatic heterocycles. The average molecular weight is 229 g/mol. The minimum absolute atomic E-state index is 0.273. The summed E-state index contributed by atoms with van der Waals surface area (Å²) in [6.07, 6.45) is 3.66. The maximum atomic E-state index is 8.90. The lowest BCUT2D eigenvalue weighted by Gasteiger charge is -2.26. The molecule has 5 heteroatoms. The first-order valence-electron chi connectivity index (χ1n) is 6.02. The minimum Gasteiger partial charge on any atom is -0.409 e. The molecule has 1 fully saturated rings. The van der Waals surface area contributed by atoms with Gasteiger partial charge in [-0.3, -0.25) is 4.90 Å². The molecular formula is C11H23N3O2. The van der Waals surface area contributed by atoms with E-state index in [1.165, 1.54) is 0 Å². The van der Waals surface area contributed by atoms with E-state index < -0.39 is 0 Å². The highest BCUT2D eigenvalue weighted by atomic mass is 16.4. The molecule has 0 radical (unpaired) electrons. The molecule has 0 spiro atoms. The monoisotopic (exact) mass is 229 g/mol. The van der Waals surface area contributed by atoms with Gasteiger partial charge < -0.3 is 16.0 Å². The second kappa shape index (κ2) is 6.70. The number of nitrogens with two attached hydrogens (primary N) is 1. The van der Waals surface area contributed by atoms with Crippen molar-refractivity contribution in [3.05, 3.63) is 0 Å². The topological polar surface area (TPSA) is 82.1 Å². The Morgan fingerprint density at radius 3 is 2.94 bits per heavy atom. The maximum Gasteiger partial charge on any atom is 0.140 e. The van der Waals surface area contributed by atoms with Crippen molar-refractivity contribution in [3.8, 4) is 0 Å². The zero-order valence-corrected chi connectivity index (χ0v) is 9.97. The van der Waals surface area contributed by atoms with Crippen LogP contribution in [0.2, 0.25) is 0 Å². The van der Waals surface area contributed by atoms with Crippen molar-refractivity contribution in [3.63, 3.8) is 0 Å². The third kappa shape index (κ3) is 3.64. The third-order valence-corrected chi connectivity index (χ3v) is 3.42. The molecule has 0 saturated carbocycles. The van der Waals surface area contributed by atoms with E-state index in [1.807, 2.05) is 0 Å². The Balaban J connectivity index is 2.43. The molecule has 0 aromatic carbocycles. The van der Waals surface area contributed by atoms with Crippen molar-refractivity contribution in [2.45, 2.75) is 38.6 Å². The van der Waals surface area contributed by atoms with Gasteiger partial charge in [0, 0.05) is 25.6 Å². The van der Waals surface area contributed by atoms with Crippen molar-refractivity contribution in [2.24, 2.45) is 16.8 Å². The fourth-order valence-electron chi connectivity index (χ4n) is 2.43. The molecule has 0 bridgehead atoms. The van der Waals surface area contributed by atoms with Gasteiger partial charge in [0.15, 0.2) is 0 Å². The molecular weight excluding hydrogens is 206 g/mol. The Labute approximate surface area is 96.9 Å². The van der Waals surface area contributed by atoms with Gasteiger partial charge in [-0.05, 0) is 31.7 Å². The van der Waals surface area contributed by atoms with Crippen LogP contribution in [-0.4, -0.2) is 46.8 Å². The van der Waals surface area contributed by atoms with E-state index in [0.29, 0.717) is 24.2 Å².